The quantitative estimate of drug-likeness (QED) is 0.694. The fraction of sp³-hybridized carbons (Fsp3) is 0.263. The summed E-state index contributed by atoms with van der Waals surface area (Å²) in [4.78, 5) is 24.1. The molecule has 2 rings (SSSR count). The summed E-state index contributed by atoms with van der Waals surface area (Å²) in [5.41, 5.74) is 0.960. The summed E-state index contributed by atoms with van der Waals surface area (Å²) in [6.07, 6.45) is 0. The summed E-state index contributed by atoms with van der Waals surface area (Å²) in [7, 11) is 4.50. The van der Waals surface area contributed by atoms with Crippen LogP contribution in [0.5, 0.6) is 17.2 Å². The van der Waals surface area contributed by atoms with Crippen molar-refractivity contribution in [1.82, 2.24) is 5.32 Å². The Balaban J connectivity index is 1.89. The highest BCUT2D eigenvalue weighted by molar-refractivity contribution is 6.31. The van der Waals surface area contributed by atoms with Crippen LogP contribution in [0.2, 0.25) is 5.02 Å². The van der Waals surface area contributed by atoms with E-state index in [2.05, 4.69) is 5.32 Å². The lowest BCUT2D eigenvalue weighted by atomic mass is 10.2. The van der Waals surface area contributed by atoms with Crippen molar-refractivity contribution in [3.63, 3.8) is 0 Å². The number of ether oxygens (including phenoxy) is 4. The normalized spacial score (nSPS) is 10.1. The number of rotatable bonds is 8. The lowest BCUT2D eigenvalue weighted by Crippen LogP contribution is -2.28. The molecule has 0 aliphatic heterocycles. The van der Waals surface area contributed by atoms with Crippen molar-refractivity contribution in [2.24, 2.45) is 0 Å². The molecule has 0 bridgehead atoms. The number of esters is 1. The number of amides is 1. The first-order chi connectivity index (χ1) is 13.0. The molecule has 27 heavy (non-hydrogen) atoms. The number of carbonyl (C=O) groups is 2. The first kappa shape index (κ1) is 20.4. The average Bonchev–Trinajstić information content (AvgIpc) is 2.69. The maximum atomic E-state index is 12.1. The third kappa shape index (κ3) is 5.52. The van der Waals surface area contributed by atoms with Crippen molar-refractivity contribution >= 4 is 23.5 Å². The Kier molecular flexibility index (Phi) is 7.31. The van der Waals surface area contributed by atoms with Crippen molar-refractivity contribution in [3.05, 3.63) is 52.5 Å². The van der Waals surface area contributed by atoms with Crippen LogP contribution >= 0.6 is 11.6 Å². The molecular formula is C19H20ClNO6. The van der Waals surface area contributed by atoms with Crippen LogP contribution in [0.1, 0.15) is 15.9 Å². The topological polar surface area (TPSA) is 83.1 Å². The van der Waals surface area contributed by atoms with Gasteiger partial charge in [0.25, 0.3) is 5.91 Å². The molecular weight excluding hydrogens is 374 g/mol. The van der Waals surface area contributed by atoms with Gasteiger partial charge in [-0.05, 0) is 35.9 Å². The summed E-state index contributed by atoms with van der Waals surface area (Å²) in [5, 5.41) is 3.03. The van der Waals surface area contributed by atoms with Crippen LogP contribution in [0.3, 0.4) is 0 Å². The van der Waals surface area contributed by atoms with E-state index < -0.39 is 18.5 Å². The SMILES string of the molecule is COc1ccc(CNC(=O)COC(=O)c2cc(Cl)ccc2OC)cc1OC. The number of carbonyl (C=O) groups excluding carboxylic acids is 2. The average molecular weight is 394 g/mol. The lowest BCUT2D eigenvalue weighted by Gasteiger charge is -2.11. The summed E-state index contributed by atoms with van der Waals surface area (Å²) in [5.74, 6) is 0.325. The number of halogens is 1. The molecule has 0 aliphatic rings. The van der Waals surface area contributed by atoms with E-state index in [1.807, 2.05) is 0 Å². The van der Waals surface area contributed by atoms with E-state index in [1.165, 1.54) is 20.3 Å². The minimum atomic E-state index is -0.699. The molecule has 2 aromatic carbocycles. The van der Waals surface area contributed by atoms with Crippen molar-refractivity contribution in [1.29, 1.82) is 0 Å². The molecule has 8 heteroatoms. The van der Waals surface area contributed by atoms with Crippen LogP contribution in [0.15, 0.2) is 36.4 Å². The smallest absolute Gasteiger partial charge is 0.342 e. The van der Waals surface area contributed by atoms with Crippen molar-refractivity contribution in [3.8, 4) is 17.2 Å². The first-order valence-electron chi connectivity index (χ1n) is 7.96. The van der Waals surface area contributed by atoms with Gasteiger partial charge in [-0.2, -0.15) is 0 Å². The van der Waals surface area contributed by atoms with Crippen LogP contribution in [0.25, 0.3) is 0 Å². The molecule has 1 amide bonds. The van der Waals surface area contributed by atoms with Gasteiger partial charge in [-0.3, -0.25) is 4.79 Å². The highest BCUT2D eigenvalue weighted by Crippen LogP contribution is 2.27. The molecule has 1 N–H and O–H groups in total. The molecule has 0 saturated heterocycles. The maximum absolute atomic E-state index is 12.1. The van der Waals surface area contributed by atoms with Crippen LogP contribution in [0, 0.1) is 0 Å². The maximum Gasteiger partial charge on any atom is 0.342 e. The molecule has 0 fully saturated rings. The van der Waals surface area contributed by atoms with Crippen molar-refractivity contribution in [2.45, 2.75) is 6.54 Å². The van der Waals surface area contributed by atoms with E-state index in [0.29, 0.717) is 22.3 Å². The summed E-state index contributed by atoms with van der Waals surface area (Å²) < 4.78 is 20.5. The van der Waals surface area contributed by atoms with Crippen LogP contribution in [0.4, 0.5) is 0 Å². The molecule has 2 aromatic rings. The number of nitrogens with one attached hydrogen (secondary N) is 1. The third-order valence-electron chi connectivity index (χ3n) is 3.65. The van der Waals surface area contributed by atoms with Crippen molar-refractivity contribution < 1.29 is 28.5 Å². The second kappa shape index (κ2) is 9.68. The Morgan fingerprint density at radius 1 is 0.926 bits per heavy atom. The zero-order valence-corrected chi connectivity index (χ0v) is 16.0. The van der Waals surface area contributed by atoms with Gasteiger partial charge in [0.15, 0.2) is 18.1 Å². The van der Waals surface area contributed by atoms with Gasteiger partial charge in [0.1, 0.15) is 11.3 Å². The fourth-order valence-corrected chi connectivity index (χ4v) is 2.46. The molecule has 0 aromatic heterocycles. The molecule has 0 spiro atoms. The Morgan fingerprint density at radius 3 is 2.26 bits per heavy atom. The molecule has 0 aliphatic carbocycles. The standard InChI is InChI=1S/C19H20ClNO6/c1-24-15-7-5-13(20)9-14(15)19(23)27-11-18(22)21-10-12-4-6-16(25-2)17(8-12)26-3/h4-9H,10-11H2,1-3H3,(H,21,22). The minimum absolute atomic E-state index is 0.151. The Hall–Kier alpha value is -2.93. The third-order valence-corrected chi connectivity index (χ3v) is 3.89. The monoisotopic (exact) mass is 393 g/mol. The molecule has 144 valence electrons. The molecule has 7 nitrogen and oxygen atoms in total. The number of methoxy groups -OCH3 is 3. The summed E-state index contributed by atoms with van der Waals surface area (Å²) >= 11 is 5.88. The first-order valence-corrected chi connectivity index (χ1v) is 8.34. The fourth-order valence-electron chi connectivity index (χ4n) is 2.29. The Morgan fingerprint density at radius 2 is 1.59 bits per heavy atom. The van der Waals surface area contributed by atoms with E-state index in [0.717, 1.165) is 5.56 Å². The predicted molar refractivity (Wildman–Crippen MR) is 99.7 cm³/mol. The largest absolute Gasteiger partial charge is 0.496 e. The molecule has 0 unspecified atom stereocenters. The lowest BCUT2D eigenvalue weighted by molar-refractivity contribution is -0.124. The van der Waals surface area contributed by atoms with E-state index in [-0.39, 0.29) is 12.1 Å². The van der Waals surface area contributed by atoms with E-state index in [9.17, 15) is 9.59 Å². The van der Waals surface area contributed by atoms with Gasteiger partial charge in [-0.25, -0.2) is 4.79 Å². The Labute approximate surface area is 162 Å². The highest BCUT2D eigenvalue weighted by Gasteiger charge is 2.16. The number of hydrogen-bond donors (Lipinski definition) is 1. The second-order valence-electron chi connectivity index (χ2n) is 5.39. The highest BCUT2D eigenvalue weighted by atomic mass is 35.5. The molecule has 0 heterocycles. The molecule has 0 radical (unpaired) electrons. The van der Waals surface area contributed by atoms with Gasteiger partial charge < -0.3 is 24.3 Å². The van der Waals surface area contributed by atoms with Crippen LogP contribution in [-0.2, 0) is 16.1 Å². The zero-order valence-electron chi connectivity index (χ0n) is 15.2. The molecule has 0 saturated carbocycles. The number of hydrogen-bond acceptors (Lipinski definition) is 6. The second-order valence-corrected chi connectivity index (χ2v) is 5.82. The zero-order chi connectivity index (χ0) is 19.8. The van der Waals surface area contributed by atoms with Crippen LogP contribution < -0.4 is 19.5 Å². The van der Waals surface area contributed by atoms with Gasteiger partial charge in [0.2, 0.25) is 0 Å². The van der Waals surface area contributed by atoms with Crippen LogP contribution in [-0.4, -0.2) is 39.8 Å². The number of benzene rings is 2. The van der Waals surface area contributed by atoms with E-state index in [1.54, 1.807) is 37.4 Å². The van der Waals surface area contributed by atoms with Gasteiger partial charge >= 0.3 is 5.97 Å². The van der Waals surface area contributed by atoms with Gasteiger partial charge in [-0.1, -0.05) is 17.7 Å². The minimum Gasteiger partial charge on any atom is -0.496 e. The van der Waals surface area contributed by atoms with Gasteiger partial charge in [-0.15, -0.1) is 0 Å². The Bertz CT molecular complexity index is 824. The molecule has 0 atom stereocenters. The van der Waals surface area contributed by atoms with Crippen molar-refractivity contribution in [2.75, 3.05) is 27.9 Å². The van der Waals surface area contributed by atoms with Gasteiger partial charge in [0.05, 0.1) is 21.3 Å². The van der Waals surface area contributed by atoms with Gasteiger partial charge in [0, 0.05) is 11.6 Å². The van der Waals surface area contributed by atoms with E-state index >= 15 is 0 Å². The predicted octanol–water partition coefficient (Wildman–Crippen LogP) is 2.84. The summed E-state index contributed by atoms with van der Waals surface area (Å²) in [6.45, 7) is -0.182. The summed E-state index contributed by atoms with van der Waals surface area (Å²) in [6, 6.07) is 9.85. The van der Waals surface area contributed by atoms with E-state index in [4.69, 9.17) is 30.5 Å².